The maximum Gasteiger partial charge on any atom is 0.292 e. The standard InChI is InChI=1S/C29H30F2N2O6/c30-20-6-8-21(9-7-20)39-22-5-3-4-18(14-22)27(35)29(36)32-24(17-33-10-1-2-11-33)26(34)19-15-23(31)28-25(16-19)37-12-13-38-28/h3-9,14-16,23-24,26,28,34H,1-2,10-13,17H2,(H,32,36)/t23?,24-,26-,28?/m1/s1. The Bertz CT molecular complexity index is 1260. The molecule has 0 aromatic heterocycles. The van der Waals surface area contributed by atoms with Crippen LogP contribution in [0, 0.1) is 5.82 Å². The summed E-state index contributed by atoms with van der Waals surface area (Å²) in [6, 6.07) is 10.6. The van der Waals surface area contributed by atoms with E-state index in [1.165, 1.54) is 42.5 Å². The highest BCUT2D eigenvalue weighted by Gasteiger charge is 2.36. The summed E-state index contributed by atoms with van der Waals surface area (Å²) in [4.78, 5) is 28.2. The molecule has 3 aliphatic rings. The van der Waals surface area contributed by atoms with Crippen molar-refractivity contribution >= 4 is 11.7 Å². The van der Waals surface area contributed by atoms with Gasteiger partial charge in [0.15, 0.2) is 6.17 Å². The van der Waals surface area contributed by atoms with Crippen molar-refractivity contribution in [3.63, 3.8) is 0 Å². The molecule has 8 nitrogen and oxygen atoms in total. The lowest BCUT2D eigenvalue weighted by molar-refractivity contribution is -0.118. The van der Waals surface area contributed by atoms with E-state index in [1.54, 1.807) is 18.2 Å². The van der Waals surface area contributed by atoms with Crippen LogP contribution in [0.4, 0.5) is 8.78 Å². The van der Waals surface area contributed by atoms with Gasteiger partial charge in [-0.05, 0) is 80.1 Å². The number of amides is 1. The van der Waals surface area contributed by atoms with Crippen LogP contribution < -0.4 is 10.1 Å². The third-order valence-corrected chi connectivity index (χ3v) is 6.92. The molecule has 206 valence electrons. The predicted molar refractivity (Wildman–Crippen MR) is 138 cm³/mol. The predicted octanol–water partition coefficient (Wildman–Crippen LogP) is 3.32. The molecule has 0 saturated carbocycles. The number of halogens is 2. The summed E-state index contributed by atoms with van der Waals surface area (Å²) in [6.45, 7) is 2.43. The summed E-state index contributed by atoms with van der Waals surface area (Å²) in [5.74, 6) is -1.17. The Hall–Kier alpha value is -3.60. The van der Waals surface area contributed by atoms with Crippen molar-refractivity contribution in [2.75, 3.05) is 32.8 Å². The lowest BCUT2D eigenvalue weighted by Gasteiger charge is -2.34. The molecule has 10 heteroatoms. The molecule has 0 bridgehead atoms. The number of aliphatic hydroxyl groups excluding tert-OH is 1. The van der Waals surface area contributed by atoms with Crippen LogP contribution in [0.5, 0.6) is 11.5 Å². The van der Waals surface area contributed by atoms with Crippen molar-refractivity contribution in [2.45, 2.75) is 37.3 Å². The Balaban J connectivity index is 1.31. The van der Waals surface area contributed by atoms with E-state index in [1.807, 2.05) is 0 Å². The molecule has 2 saturated heterocycles. The topological polar surface area (TPSA) is 97.3 Å². The minimum atomic E-state index is -1.51. The Morgan fingerprint density at radius 2 is 1.87 bits per heavy atom. The first kappa shape index (κ1) is 27.0. The molecule has 5 rings (SSSR count). The number of alkyl halides is 1. The smallest absolute Gasteiger partial charge is 0.292 e. The van der Waals surface area contributed by atoms with E-state index in [0.29, 0.717) is 17.3 Å². The third kappa shape index (κ3) is 6.52. The lowest BCUT2D eigenvalue weighted by atomic mass is 9.93. The molecule has 0 radical (unpaired) electrons. The van der Waals surface area contributed by atoms with Gasteiger partial charge >= 0.3 is 0 Å². The second-order valence-electron chi connectivity index (χ2n) is 9.74. The maximum atomic E-state index is 14.8. The average Bonchev–Trinajstić information content (AvgIpc) is 3.46. The van der Waals surface area contributed by atoms with Gasteiger partial charge in [0.1, 0.15) is 41.9 Å². The number of fused-ring (bicyclic) bond motifs is 1. The maximum absolute atomic E-state index is 14.8. The Kier molecular flexibility index (Phi) is 8.35. The van der Waals surface area contributed by atoms with E-state index in [2.05, 4.69) is 10.2 Å². The molecule has 0 spiro atoms. The molecule has 39 heavy (non-hydrogen) atoms. The normalized spacial score (nSPS) is 22.5. The van der Waals surface area contributed by atoms with E-state index in [-0.39, 0.29) is 30.9 Å². The van der Waals surface area contributed by atoms with Gasteiger partial charge in [0.25, 0.3) is 5.91 Å². The number of Topliss-reactive ketones (excluding diaryl/α,β-unsaturated/α-hetero) is 1. The first-order chi connectivity index (χ1) is 18.9. The zero-order valence-corrected chi connectivity index (χ0v) is 21.2. The Labute approximate surface area is 224 Å². The summed E-state index contributed by atoms with van der Waals surface area (Å²) >= 11 is 0. The van der Waals surface area contributed by atoms with Crippen molar-refractivity contribution in [1.82, 2.24) is 10.2 Å². The van der Waals surface area contributed by atoms with Crippen LogP contribution in [0.1, 0.15) is 23.2 Å². The number of ketones is 1. The van der Waals surface area contributed by atoms with Crippen molar-refractivity contribution in [3.8, 4) is 11.5 Å². The van der Waals surface area contributed by atoms with Gasteiger partial charge in [-0.2, -0.15) is 0 Å². The number of aliphatic hydroxyl groups is 1. The van der Waals surface area contributed by atoms with E-state index < -0.39 is 41.9 Å². The summed E-state index contributed by atoms with van der Waals surface area (Å²) in [5.41, 5.74) is 0.339. The van der Waals surface area contributed by atoms with Crippen molar-refractivity contribution in [1.29, 1.82) is 0 Å². The number of rotatable bonds is 9. The molecule has 2 N–H and O–H groups in total. The second-order valence-corrected chi connectivity index (χ2v) is 9.74. The fourth-order valence-corrected chi connectivity index (χ4v) is 4.94. The zero-order chi connectivity index (χ0) is 27.4. The molecule has 2 unspecified atom stereocenters. The first-order valence-electron chi connectivity index (χ1n) is 13.0. The van der Waals surface area contributed by atoms with Gasteiger partial charge in [-0.15, -0.1) is 0 Å². The number of ether oxygens (including phenoxy) is 3. The summed E-state index contributed by atoms with van der Waals surface area (Å²) < 4.78 is 44.7. The molecule has 1 aliphatic carbocycles. The Morgan fingerprint density at radius 1 is 1.10 bits per heavy atom. The van der Waals surface area contributed by atoms with Gasteiger partial charge in [-0.1, -0.05) is 12.1 Å². The van der Waals surface area contributed by atoms with Gasteiger partial charge < -0.3 is 29.5 Å². The lowest BCUT2D eigenvalue weighted by Crippen LogP contribution is -2.52. The molecule has 4 atom stereocenters. The number of likely N-dealkylation sites (tertiary alicyclic amines) is 1. The molecular formula is C29H30F2N2O6. The minimum absolute atomic E-state index is 0.0833. The van der Waals surface area contributed by atoms with Gasteiger partial charge in [0.05, 0.1) is 12.6 Å². The highest BCUT2D eigenvalue weighted by Crippen LogP contribution is 2.29. The monoisotopic (exact) mass is 540 g/mol. The van der Waals surface area contributed by atoms with Gasteiger partial charge in [-0.25, -0.2) is 8.78 Å². The fourth-order valence-electron chi connectivity index (χ4n) is 4.94. The van der Waals surface area contributed by atoms with Crippen LogP contribution in [0.2, 0.25) is 0 Å². The van der Waals surface area contributed by atoms with Crippen molar-refractivity contribution in [3.05, 3.63) is 83.4 Å². The quantitative estimate of drug-likeness (QED) is 0.372. The SMILES string of the molecule is O=C(N[C@H](CN1CCCC1)[C@H](O)C1=CC(F)C2OCCOC2=C1)C(=O)c1cccc(Oc2ccc(F)cc2)c1. The molecular weight excluding hydrogens is 510 g/mol. The first-order valence-corrected chi connectivity index (χ1v) is 13.0. The van der Waals surface area contributed by atoms with Crippen LogP contribution in [0.25, 0.3) is 0 Å². The van der Waals surface area contributed by atoms with E-state index in [0.717, 1.165) is 25.9 Å². The van der Waals surface area contributed by atoms with Gasteiger partial charge in [0, 0.05) is 12.1 Å². The molecule has 2 aromatic carbocycles. The number of hydrogen-bond acceptors (Lipinski definition) is 7. The third-order valence-electron chi connectivity index (χ3n) is 6.92. The summed E-state index contributed by atoms with van der Waals surface area (Å²) in [7, 11) is 0. The average molecular weight is 541 g/mol. The van der Waals surface area contributed by atoms with E-state index in [4.69, 9.17) is 14.2 Å². The summed E-state index contributed by atoms with van der Waals surface area (Å²) in [5, 5.41) is 13.9. The second kappa shape index (κ2) is 12.1. The number of benzene rings is 2. The number of nitrogens with one attached hydrogen (secondary N) is 1. The number of carbonyl (C=O) groups excluding carboxylic acids is 2. The fraction of sp³-hybridized carbons (Fsp3) is 0.379. The molecule has 1 amide bonds. The van der Waals surface area contributed by atoms with Crippen LogP contribution in [-0.2, 0) is 14.3 Å². The van der Waals surface area contributed by atoms with E-state index in [9.17, 15) is 23.5 Å². The molecule has 2 heterocycles. The van der Waals surface area contributed by atoms with Crippen LogP contribution in [0.3, 0.4) is 0 Å². The van der Waals surface area contributed by atoms with Crippen molar-refractivity contribution < 1.29 is 37.7 Å². The van der Waals surface area contributed by atoms with E-state index >= 15 is 0 Å². The van der Waals surface area contributed by atoms with Crippen LogP contribution in [-0.4, -0.2) is 79.0 Å². The largest absolute Gasteiger partial charge is 0.493 e. The Morgan fingerprint density at radius 3 is 2.64 bits per heavy atom. The molecule has 2 aliphatic heterocycles. The number of hydrogen-bond donors (Lipinski definition) is 2. The summed E-state index contributed by atoms with van der Waals surface area (Å²) in [6.07, 6.45) is 1.15. The highest BCUT2D eigenvalue weighted by atomic mass is 19.1. The van der Waals surface area contributed by atoms with Gasteiger partial charge in [0.2, 0.25) is 5.78 Å². The minimum Gasteiger partial charge on any atom is -0.493 e. The molecule has 2 aromatic rings. The number of nitrogens with zero attached hydrogens (tertiary/aromatic N) is 1. The van der Waals surface area contributed by atoms with Gasteiger partial charge in [-0.3, -0.25) is 9.59 Å². The van der Waals surface area contributed by atoms with Crippen LogP contribution in [0.15, 0.2) is 72.0 Å². The molecule has 2 fully saturated rings. The number of carbonyl (C=O) groups is 2. The van der Waals surface area contributed by atoms with Crippen LogP contribution >= 0.6 is 0 Å². The highest BCUT2D eigenvalue weighted by molar-refractivity contribution is 6.42. The zero-order valence-electron chi connectivity index (χ0n) is 21.2. The van der Waals surface area contributed by atoms with Crippen molar-refractivity contribution in [2.24, 2.45) is 0 Å².